The van der Waals surface area contributed by atoms with Crippen LogP contribution in [0.25, 0.3) is 0 Å². The first kappa shape index (κ1) is 23.7. The summed E-state index contributed by atoms with van der Waals surface area (Å²) in [6.07, 6.45) is -2.55. The maximum atomic E-state index is 12.5. The third-order valence-corrected chi connectivity index (χ3v) is 4.25. The second kappa shape index (κ2) is 11.5. The van der Waals surface area contributed by atoms with Crippen LogP contribution >= 0.6 is 0 Å². The van der Waals surface area contributed by atoms with Crippen LogP contribution in [-0.4, -0.2) is 50.8 Å². The molecule has 1 saturated carbocycles. The Morgan fingerprint density at radius 3 is 2.46 bits per heavy atom. The minimum Gasteiger partial charge on any atom is -0.461 e. The summed E-state index contributed by atoms with van der Waals surface area (Å²) in [4.78, 5) is 14.9. The van der Waals surface area contributed by atoms with E-state index in [0.717, 1.165) is 0 Å². The van der Waals surface area contributed by atoms with E-state index in [1.807, 2.05) is 20.8 Å². The number of carbonyl (C=O) groups excluding carboxylic acids is 1. The number of carbonyl (C=O) groups is 1. The summed E-state index contributed by atoms with van der Waals surface area (Å²) < 4.78 is 47.0. The first-order valence-electron chi connectivity index (χ1n) is 9.16. The summed E-state index contributed by atoms with van der Waals surface area (Å²) in [5.74, 6) is -0.536. The van der Waals surface area contributed by atoms with Gasteiger partial charge in [-0.25, -0.2) is 18.2 Å². The lowest BCUT2D eigenvalue weighted by Crippen LogP contribution is -2.32. The van der Waals surface area contributed by atoms with E-state index in [9.17, 15) is 18.0 Å². The van der Waals surface area contributed by atoms with Gasteiger partial charge in [-0.15, -0.1) is 0 Å². The van der Waals surface area contributed by atoms with Crippen molar-refractivity contribution in [2.75, 3.05) is 20.3 Å². The molecule has 1 aliphatic heterocycles. The average Bonchev–Trinajstić information content (AvgIpc) is 3.33. The fourth-order valence-electron chi connectivity index (χ4n) is 2.74. The molecule has 4 unspecified atom stereocenters. The van der Waals surface area contributed by atoms with Crippen molar-refractivity contribution in [2.24, 2.45) is 22.6 Å². The number of hydrogen-bond donors (Lipinski definition) is 2. The third-order valence-electron chi connectivity index (χ3n) is 4.25. The highest BCUT2D eigenvalue weighted by Gasteiger charge is 2.58. The molecule has 3 N–H and O–H groups in total. The van der Waals surface area contributed by atoms with Gasteiger partial charge in [-0.2, -0.15) is 0 Å². The second-order valence-corrected chi connectivity index (χ2v) is 6.07. The van der Waals surface area contributed by atoms with Crippen molar-refractivity contribution in [1.82, 2.24) is 5.32 Å². The molecule has 1 heterocycles. The number of nitrogens with one attached hydrogen (secondary N) is 1. The van der Waals surface area contributed by atoms with Gasteiger partial charge in [-0.1, -0.05) is 20.8 Å². The van der Waals surface area contributed by atoms with Crippen molar-refractivity contribution in [3.05, 3.63) is 35.6 Å². The predicted octanol–water partition coefficient (Wildman–Crippen LogP) is 2.83. The number of nitrogens with two attached hydrogens (primary N) is 1. The molecule has 0 spiro atoms. The van der Waals surface area contributed by atoms with Crippen LogP contribution in [0.15, 0.2) is 29.3 Å². The molecule has 28 heavy (non-hydrogen) atoms. The van der Waals surface area contributed by atoms with Gasteiger partial charge in [0.25, 0.3) is 18.4 Å². The quantitative estimate of drug-likeness (QED) is 0.741. The lowest BCUT2D eigenvalue weighted by molar-refractivity contribution is 0.0876. The molecule has 0 radical (unpaired) electrons. The van der Waals surface area contributed by atoms with E-state index in [0.29, 0.717) is 18.7 Å². The van der Waals surface area contributed by atoms with E-state index in [1.54, 1.807) is 7.11 Å². The summed E-state index contributed by atoms with van der Waals surface area (Å²) in [6, 6.07) is 4.36. The normalized spacial score (nSPS) is 24.4. The van der Waals surface area contributed by atoms with Gasteiger partial charge in [0, 0.05) is 31.1 Å². The predicted molar refractivity (Wildman–Crippen MR) is 101 cm³/mol. The van der Waals surface area contributed by atoms with Gasteiger partial charge in [0.2, 0.25) is 0 Å². The minimum atomic E-state index is -2.43. The molecule has 1 aromatic carbocycles. The highest BCUT2D eigenvalue weighted by atomic mass is 19.3. The van der Waals surface area contributed by atoms with Crippen molar-refractivity contribution in [3.63, 3.8) is 0 Å². The number of alkyl halides is 2. The Kier molecular flexibility index (Phi) is 9.78. The van der Waals surface area contributed by atoms with Gasteiger partial charge in [0.15, 0.2) is 0 Å². The van der Waals surface area contributed by atoms with Crippen LogP contribution in [0.3, 0.4) is 0 Å². The van der Waals surface area contributed by atoms with Crippen molar-refractivity contribution >= 4 is 11.9 Å². The van der Waals surface area contributed by atoms with Crippen molar-refractivity contribution in [2.45, 2.75) is 39.3 Å². The molecule has 4 atom stereocenters. The van der Waals surface area contributed by atoms with Crippen molar-refractivity contribution < 1.29 is 27.4 Å². The first-order chi connectivity index (χ1) is 13.3. The Bertz CT molecular complexity index is 641. The Hall–Kier alpha value is -2.29. The number of amidine groups is 1. The highest BCUT2D eigenvalue weighted by molar-refractivity contribution is 5.94. The topological polar surface area (TPSA) is 85.9 Å². The summed E-state index contributed by atoms with van der Waals surface area (Å²) in [6.45, 7) is 6.79. The van der Waals surface area contributed by atoms with Crippen molar-refractivity contribution in [1.29, 1.82) is 0 Å². The largest absolute Gasteiger partial charge is 0.461 e. The number of aliphatic imine (C=N–C) groups is 1. The number of ether oxygens (including phenoxy) is 2. The molecule has 6 nitrogen and oxygen atoms in total. The van der Waals surface area contributed by atoms with E-state index in [2.05, 4.69) is 10.3 Å². The highest BCUT2D eigenvalue weighted by Crippen LogP contribution is 2.48. The first-order valence-corrected chi connectivity index (χ1v) is 9.16. The third kappa shape index (κ3) is 6.70. The van der Waals surface area contributed by atoms with Crippen LogP contribution in [0.5, 0.6) is 0 Å². The number of nitrogens with zero attached hydrogens (tertiary/aromatic N) is 1. The number of amides is 1. The fourth-order valence-corrected chi connectivity index (χ4v) is 2.74. The maximum Gasteiger partial charge on any atom is 0.282 e. The van der Waals surface area contributed by atoms with E-state index in [4.69, 9.17) is 15.2 Å². The van der Waals surface area contributed by atoms with Crippen LogP contribution < -0.4 is 11.1 Å². The number of rotatable bonds is 5. The van der Waals surface area contributed by atoms with Gasteiger partial charge in [-0.05, 0) is 24.3 Å². The lowest BCUT2D eigenvalue weighted by Gasteiger charge is -2.17. The molecular formula is C19H28F3N3O3. The van der Waals surface area contributed by atoms with Crippen LogP contribution in [-0.2, 0) is 9.47 Å². The summed E-state index contributed by atoms with van der Waals surface area (Å²) >= 11 is 0. The van der Waals surface area contributed by atoms with E-state index in [-0.39, 0.29) is 35.7 Å². The minimum absolute atomic E-state index is 0.0918. The second-order valence-electron chi connectivity index (χ2n) is 6.07. The SMILES string of the molecule is CC.CC1C2OC(N)=NC(C(F)F)C12.COCCNC(=O)c1ccc(F)cc1. The van der Waals surface area contributed by atoms with Gasteiger partial charge in [0.05, 0.1) is 6.61 Å². The summed E-state index contributed by atoms with van der Waals surface area (Å²) in [5, 5.41) is 2.63. The Labute approximate surface area is 163 Å². The molecule has 9 heteroatoms. The molecule has 0 saturated heterocycles. The zero-order chi connectivity index (χ0) is 21.3. The molecule has 1 amide bonds. The van der Waals surface area contributed by atoms with E-state index in [1.165, 1.54) is 24.3 Å². The van der Waals surface area contributed by atoms with Gasteiger partial charge in [0.1, 0.15) is 18.0 Å². The fraction of sp³-hybridized carbons (Fsp3) is 0.579. The number of halogens is 3. The molecule has 158 valence electrons. The van der Waals surface area contributed by atoms with Gasteiger partial charge >= 0.3 is 0 Å². The van der Waals surface area contributed by atoms with Gasteiger partial charge < -0.3 is 20.5 Å². The monoisotopic (exact) mass is 403 g/mol. The Morgan fingerprint density at radius 2 is 1.93 bits per heavy atom. The molecule has 1 aliphatic carbocycles. The molecular weight excluding hydrogens is 375 g/mol. The van der Waals surface area contributed by atoms with Crippen LogP contribution in [0.1, 0.15) is 31.1 Å². The number of fused-ring (bicyclic) bond motifs is 1. The Balaban J connectivity index is 0.000000259. The zero-order valence-corrected chi connectivity index (χ0v) is 16.5. The molecule has 0 aromatic heterocycles. The number of hydrogen-bond acceptors (Lipinski definition) is 5. The van der Waals surface area contributed by atoms with Crippen LogP contribution in [0, 0.1) is 17.7 Å². The lowest BCUT2D eigenvalue weighted by atomic mass is 10.1. The average molecular weight is 403 g/mol. The molecule has 0 bridgehead atoms. The number of benzene rings is 1. The molecule has 1 aromatic rings. The van der Waals surface area contributed by atoms with E-state index < -0.39 is 12.5 Å². The zero-order valence-electron chi connectivity index (χ0n) is 16.5. The smallest absolute Gasteiger partial charge is 0.282 e. The summed E-state index contributed by atoms with van der Waals surface area (Å²) in [7, 11) is 1.56. The summed E-state index contributed by atoms with van der Waals surface area (Å²) in [5.41, 5.74) is 5.68. The van der Waals surface area contributed by atoms with Crippen molar-refractivity contribution in [3.8, 4) is 0 Å². The molecule has 3 rings (SSSR count). The maximum absolute atomic E-state index is 12.5. The standard InChI is InChI=1S/C10H12FNO2.C7H10F2N2O.C2H6/c1-14-7-6-12-10(13)8-2-4-9(11)5-3-8;1-2-3-4(6(8)9)11-7(10)12-5(2)3;1-2/h2-5H,6-7H2,1H3,(H,12,13);2-6H,1H3,(H2,10,11);1-2H3. The number of methoxy groups -OCH3 is 1. The molecule has 1 fully saturated rings. The van der Waals surface area contributed by atoms with Gasteiger partial charge in [-0.3, -0.25) is 4.79 Å². The van der Waals surface area contributed by atoms with E-state index >= 15 is 0 Å². The molecule has 2 aliphatic rings. The Morgan fingerprint density at radius 1 is 1.32 bits per heavy atom. The van der Waals surface area contributed by atoms with Crippen LogP contribution in [0.2, 0.25) is 0 Å². The van der Waals surface area contributed by atoms with Crippen LogP contribution in [0.4, 0.5) is 13.2 Å².